The number of carbonyl (C=O) groups excluding carboxylic acids is 1. The molecule has 1 fully saturated rings. The van der Waals surface area contributed by atoms with Crippen molar-refractivity contribution < 1.29 is 9.53 Å². The van der Waals surface area contributed by atoms with Crippen LogP contribution in [0.2, 0.25) is 0 Å². The number of hydrogen-bond donors (Lipinski definition) is 1. The Morgan fingerprint density at radius 2 is 2.05 bits per heavy atom. The second-order valence-corrected chi connectivity index (χ2v) is 5.81. The van der Waals surface area contributed by atoms with Gasteiger partial charge in [-0.15, -0.1) is 0 Å². The summed E-state index contributed by atoms with van der Waals surface area (Å²) < 4.78 is 5.41. The van der Waals surface area contributed by atoms with Crippen LogP contribution in [0.15, 0.2) is 30.3 Å². The summed E-state index contributed by atoms with van der Waals surface area (Å²) in [5.41, 5.74) is 1.16. The average molecular weight is 261 g/mol. The first-order valence-electron chi connectivity index (χ1n) is 6.90. The first-order valence-corrected chi connectivity index (χ1v) is 6.90. The van der Waals surface area contributed by atoms with E-state index in [1.807, 2.05) is 18.2 Å². The van der Waals surface area contributed by atoms with Crippen molar-refractivity contribution in [1.82, 2.24) is 5.32 Å². The molecule has 1 saturated heterocycles. The molecule has 1 aromatic carbocycles. The van der Waals surface area contributed by atoms with Crippen LogP contribution in [0.5, 0.6) is 0 Å². The lowest BCUT2D eigenvalue weighted by molar-refractivity contribution is -0.120. The smallest absolute Gasteiger partial charge is 0.220 e. The van der Waals surface area contributed by atoms with E-state index < -0.39 is 0 Å². The van der Waals surface area contributed by atoms with Crippen LogP contribution in [0.4, 0.5) is 0 Å². The summed E-state index contributed by atoms with van der Waals surface area (Å²) in [6, 6.07) is 10.5. The van der Waals surface area contributed by atoms with E-state index >= 15 is 0 Å². The van der Waals surface area contributed by atoms with Crippen molar-refractivity contribution in [3.05, 3.63) is 35.9 Å². The van der Waals surface area contributed by atoms with Gasteiger partial charge < -0.3 is 10.1 Å². The van der Waals surface area contributed by atoms with Gasteiger partial charge in [0, 0.05) is 25.0 Å². The van der Waals surface area contributed by atoms with Gasteiger partial charge in [0.15, 0.2) is 0 Å². The van der Waals surface area contributed by atoms with Gasteiger partial charge in [-0.1, -0.05) is 44.2 Å². The molecule has 0 aliphatic carbocycles. The minimum absolute atomic E-state index is 0.0956. The molecule has 1 heterocycles. The van der Waals surface area contributed by atoms with E-state index in [-0.39, 0.29) is 17.4 Å². The lowest BCUT2D eigenvalue weighted by Gasteiger charge is -2.37. The molecule has 3 heteroatoms. The summed E-state index contributed by atoms with van der Waals surface area (Å²) >= 11 is 0. The molecule has 1 aromatic rings. The molecule has 0 aromatic heterocycles. The highest BCUT2D eigenvalue weighted by Gasteiger charge is 2.48. The summed E-state index contributed by atoms with van der Waals surface area (Å²) in [6.45, 7) is 4.98. The number of amides is 1. The number of benzene rings is 1. The molecule has 2 atom stereocenters. The number of ether oxygens (including phenoxy) is 1. The highest BCUT2D eigenvalue weighted by Crippen LogP contribution is 2.41. The summed E-state index contributed by atoms with van der Waals surface area (Å²) in [7, 11) is 1.71. The fraction of sp³-hybridized carbons (Fsp3) is 0.562. The lowest BCUT2D eigenvalue weighted by atomic mass is 9.70. The first kappa shape index (κ1) is 14.1. The summed E-state index contributed by atoms with van der Waals surface area (Å²) in [5.74, 6) is 0.548. The molecule has 104 valence electrons. The maximum Gasteiger partial charge on any atom is 0.220 e. The van der Waals surface area contributed by atoms with E-state index in [0.717, 1.165) is 6.42 Å². The third-order valence-electron chi connectivity index (χ3n) is 4.36. The molecule has 0 radical (unpaired) electrons. The molecule has 2 unspecified atom stereocenters. The van der Waals surface area contributed by atoms with Crippen molar-refractivity contribution in [2.24, 2.45) is 11.3 Å². The fourth-order valence-corrected chi connectivity index (χ4v) is 3.11. The van der Waals surface area contributed by atoms with Crippen molar-refractivity contribution in [3.8, 4) is 0 Å². The number of hydrogen-bond acceptors (Lipinski definition) is 2. The zero-order chi connectivity index (χ0) is 13.9. The summed E-state index contributed by atoms with van der Waals surface area (Å²) in [5, 5.41) is 3.14. The third kappa shape index (κ3) is 2.81. The van der Waals surface area contributed by atoms with Crippen molar-refractivity contribution >= 4 is 5.91 Å². The van der Waals surface area contributed by atoms with Gasteiger partial charge in [-0.05, 0) is 17.9 Å². The van der Waals surface area contributed by atoms with Gasteiger partial charge in [-0.3, -0.25) is 4.79 Å². The Hall–Kier alpha value is -1.35. The van der Waals surface area contributed by atoms with Crippen LogP contribution in [0.25, 0.3) is 0 Å². The molecular weight excluding hydrogens is 238 g/mol. The molecule has 1 aliphatic rings. The van der Waals surface area contributed by atoms with E-state index in [1.165, 1.54) is 5.56 Å². The quantitative estimate of drug-likeness (QED) is 0.884. The monoisotopic (exact) mass is 261 g/mol. The van der Waals surface area contributed by atoms with Gasteiger partial charge in [-0.2, -0.15) is 0 Å². The standard InChI is InChI=1S/C16H23NO2/c1-12(2)16(11-19-3)10-15(18)17-14(16)9-13-7-5-4-6-8-13/h4-8,12,14H,9-11H2,1-3H3,(H,17,18). The van der Waals surface area contributed by atoms with Gasteiger partial charge in [0.2, 0.25) is 5.91 Å². The minimum Gasteiger partial charge on any atom is -0.384 e. The summed E-state index contributed by atoms with van der Waals surface area (Å²) in [4.78, 5) is 11.9. The van der Waals surface area contributed by atoms with E-state index in [4.69, 9.17) is 4.74 Å². The van der Waals surface area contributed by atoms with Gasteiger partial charge in [0.05, 0.1) is 6.61 Å². The maximum atomic E-state index is 11.9. The normalized spacial score (nSPS) is 26.7. The molecule has 19 heavy (non-hydrogen) atoms. The van der Waals surface area contributed by atoms with Gasteiger partial charge in [-0.25, -0.2) is 0 Å². The van der Waals surface area contributed by atoms with Crippen molar-refractivity contribution in [2.45, 2.75) is 32.7 Å². The summed E-state index contributed by atoms with van der Waals surface area (Å²) in [6.07, 6.45) is 1.43. The Labute approximate surface area is 115 Å². The minimum atomic E-state index is -0.0956. The van der Waals surface area contributed by atoms with Crippen LogP contribution in [0.1, 0.15) is 25.8 Å². The largest absolute Gasteiger partial charge is 0.384 e. The number of methoxy groups -OCH3 is 1. The predicted molar refractivity (Wildman–Crippen MR) is 75.8 cm³/mol. The SMILES string of the molecule is COCC1(C(C)C)CC(=O)NC1Cc1ccccc1. The molecule has 1 amide bonds. The Kier molecular flexibility index (Phi) is 4.25. The second-order valence-electron chi connectivity index (χ2n) is 5.81. The molecule has 3 nitrogen and oxygen atoms in total. The molecule has 1 aliphatic heterocycles. The predicted octanol–water partition coefficient (Wildman–Crippen LogP) is 2.41. The zero-order valence-electron chi connectivity index (χ0n) is 12.0. The number of nitrogens with one attached hydrogen (secondary N) is 1. The van der Waals surface area contributed by atoms with Gasteiger partial charge >= 0.3 is 0 Å². The van der Waals surface area contributed by atoms with E-state index in [9.17, 15) is 4.79 Å². The Morgan fingerprint density at radius 1 is 1.37 bits per heavy atom. The molecule has 0 spiro atoms. The molecular formula is C16H23NO2. The van der Waals surface area contributed by atoms with Crippen LogP contribution in [-0.2, 0) is 16.0 Å². The Bertz CT molecular complexity index is 430. The zero-order valence-corrected chi connectivity index (χ0v) is 12.0. The van der Waals surface area contributed by atoms with Crippen LogP contribution >= 0.6 is 0 Å². The van der Waals surface area contributed by atoms with Crippen molar-refractivity contribution in [1.29, 1.82) is 0 Å². The van der Waals surface area contributed by atoms with Gasteiger partial charge in [0.25, 0.3) is 0 Å². The number of carbonyl (C=O) groups is 1. The first-order chi connectivity index (χ1) is 9.08. The van der Waals surface area contributed by atoms with Gasteiger partial charge in [0.1, 0.15) is 0 Å². The molecule has 0 saturated carbocycles. The number of rotatable bonds is 5. The van der Waals surface area contributed by atoms with Crippen molar-refractivity contribution in [2.75, 3.05) is 13.7 Å². The third-order valence-corrected chi connectivity index (χ3v) is 4.36. The lowest BCUT2D eigenvalue weighted by Crippen LogP contribution is -2.45. The fourth-order valence-electron chi connectivity index (χ4n) is 3.11. The van der Waals surface area contributed by atoms with E-state index in [1.54, 1.807) is 7.11 Å². The molecule has 2 rings (SSSR count). The maximum absolute atomic E-state index is 11.9. The van der Waals surface area contributed by atoms with E-state index in [0.29, 0.717) is 18.9 Å². The van der Waals surface area contributed by atoms with Crippen molar-refractivity contribution in [3.63, 3.8) is 0 Å². The average Bonchev–Trinajstić information content (AvgIpc) is 2.68. The topological polar surface area (TPSA) is 38.3 Å². The Morgan fingerprint density at radius 3 is 2.63 bits per heavy atom. The van der Waals surface area contributed by atoms with Crippen LogP contribution < -0.4 is 5.32 Å². The molecule has 1 N–H and O–H groups in total. The highest BCUT2D eigenvalue weighted by atomic mass is 16.5. The molecule has 0 bridgehead atoms. The van der Waals surface area contributed by atoms with Crippen LogP contribution in [-0.4, -0.2) is 25.7 Å². The second kappa shape index (κ2) is 5.74. The van der Waals surface area contributed by atoms with Crippen LogP contribution in [0, 0.1) is 11.3 Å². The van der Waals surface area contributed by atoms with E-state index in [2.05, 4.69) is 31.3 Å². The Balaban J connectivity index is 2.23. The highest BCUT2D eigenvalue weighted by molar-refractivity contribution is 5.80. The van der Waals surface area contributed by atoms with Crippen LogP contribution in [0.3, 0.4) is 0 Å².